The van der Waals surface area contributed by atoms with Gasteiger partial charge in [-0.25, -0.2) is 4.39 Å². The molecule has 0 saturated carbocycles. The fraction of sp³-hybridized carbons (Fsp3) is 0.417. The second kappa shape index (κ2) is 5.91. The summed E-state index contributed by atoms with van der Waals surface area (Å²) in [5.74, 6) is -2.59. The standard InChI is InChI=1S/C12H12F2N2O4/c13-9-7-10(14)11(16(18)19)5-8(9)6-12(17)15-1-3-20-4-2-15/h5,7H,1-4,6H2. The van der Waals surface area contributed by atoms with Crippen LogP contribution in [0.3, 0.4) is 0 Å². The van der Waals surface area contributed by atoms with E-state index in [1.807, 2.05) is 0 Å². The molecule has 1 aromatic rings. The van der Waals surface area contributed by atoms with E-state index in [0.29, 0.717) is 32.4 Å². The molecule has 1 aliphatic rings. The van der Waals surface area contributed by atoms with E-state index in [1.54, 1.807) is 0 Å². The van der Waals surface area contributed by atoms with Gasteiger partial charge in [-0.3, -0.25) is 14.9 Å². The summed E-state index contributed by atoms with van der Waals surface area (Å²) in [6.07, 6.45) is -0.340. The Kier molecular flexibility index (Phi) is 4.23. The Labute approximate surface area is 113 Å². The number of nitro benzene ring substituents is 1. The molecule has 20 heavy (non-hydrogen) atoms. The van der Waals surface area contributed by atoms with Crippen molar-refractivity contribution in [2.75, 3.05) is 26.3 Å². The van der Waals surface area contributed by atoms with Crippen molar-refractivity contribution < 1.29 is 23.2 Å². The van der Waals surface area contributed by atoms with Crippen LogP contribution in [0.5, 0.6) is 0 Å². The molecule has 8 heteroatoms. The van der Waals surface area contributed by atoms with Crippen LogP contribution in [0.4, 0.5) is 14.5 Å². The second-order valence-corrected chi connectivity index (χ2v) is 4.32. The Hall–Kier alpha value is -2.09. The molecule has 6 nitrogen and oxygen atoms in total. The number of morpholine rings is 1. The summed E-state index contributed by atoms with van der Waals surface area (Å²) in [5.41, 5.74) is -1.02. The van der Waals surface area contributed by atoms with Crippen molar-refractivity contribution >= 4 is 11.6 Å². The van der Waals surface area contributed by atoms with Crippen molar-refractivity contribution in [3.05, 3.63) is 39.4 Å². The maximum atomic E-state index is 13.6. The largest absolute Gasteiger partial charge is 0.378 e. The maximum absolute atomic E-state index is 13.6. The van der Waals surface area contributed by atoms with Crippen molar-refractivity contribution in [1.82, 2.24) is 4.90 Å². The van der Waals surface area contributed by atoms with Gasteiger partial charge in [0, 0.05) is 30.8 Å². The minimum absolute atomic E-state index is 0.186. The summed E-state index contributed by atoms with van der Waals surface area (Å²) < 4.78 is 31.8. The van der Waals surface area contributed by atoms with Crippen molar-refractivity contribution in [1.29, 1.82) is 0 Å². The highest BCUT2D eigenvalue weighted by atomic mass is 19.1. The van der Waals surface area contributed by atoms with E-state index in [2.05, 4.69) is 0 Å². The Morgan fingerprint density at radius 2 is 1.95 bits per heavy atom. The topological polar surface area (TPSA) is 72.7 Å². The molecule has 0 N–H and O–H groups in total. The number of nitrogens with zero attached hydrogens (tertiary/aromatic N) is 2. The minimum Gasteiger partial charge on any atom is -0.378 e. The maximum Gasteiger partial charge on any atom is 0.305 e. The molecular formula is C12H12F2N2O4. The third-order valence-electron chi connectivity index (χ3n) is 3.02. The van der Waals surface area contributed by atoms with Crippen molar-refractivity contribution in [3.63, 3.8) is 0 Å². The summed E-state index contributed by atoms with van der Waals surface area (Å²) in [7, 11) is 0. The van der Waals surface area contributed by atoms with Crippen molar-refractivity contribution in [2.45, 2.75) is 6.42 Å². The first-order valence-electron chi connectivity index (χ1n) is 5.97. The van der Waals surface area contributed by atoms with Gasteiger partial charge < -0.3 is 9.64 Å². The van der Waals surface area contributed by atoms with Gasteiger partial charge in [-0.05, 0) is 0 Å². The molecule has 0 aliphatic carbocycles. The molecule has 0 aromatic heterocycles. The van der Waals surface area contributed by atoms with Gasteiger partial charge in [-0.1, -0.05) is 0 Å². The van der Waals surface area contributed by atoms with E-state index < -0.39 is 22.2 Å². The Balaban J connectivity index is 2.18. The molecule has 1 saturated heterocycles. The van der Waals surface area contributed by atoms with Gasteiger partial charge in [0.1, 0.15) is 5.82 Å². The molecular weight excluding hydrogens is 274 g/mol. The zero-order valence-corrected chi connectivity index (χ0v) is 10.5. The molecule has 1 aromatic carbocycles. The summed E-state index contributed by atoms with van der Waals surface area (Å²) in [4.78, 5) is 23.1. The number of carbonyl (C=O) groups is 1. The highest BCUT2D eigenvalue weighted by Crippen LogP contribution is 2.22. The van der Waals surface area contributed by atoms with Crippen LogP contribution in [0.2, 0.25) is 0 Å². The smallest absolute Gasteiger partial charge is 0.305 e. The summed E-state index contributed by atoms with van der Waals surface area (Å²) in [5, 5.41) is 10.6. The van der Waals surface area contributed by atoms with Crippen LogP contribution in [-0.2, 0) is 16.0 Å². The number of amides is 1. The van der Waals surface area contributed by atoms with Gasteiger partial charge >= 0.3 is 5.69 Å². The van der Waals surface area contributed by atoms with E-state index in [4.69, 9.17) is 4.74 Å². The highest BCUT2D eigenvalue weighted by molar-refractivity contribution is 5.79. The fourth-order valence-corrected chi connectivity index (χ4v) is 1.94. The molecule has 0 bridgehead atoms. The molecule has 0 radical (unpaired) electrons. The van der Waals surface area contributed by atoms with Crippen LogP contribution >= 0.6 is 0 Å². The monoisotopic (exact) mass is 286 g/mol. The van der Waals surface area contributed by atoms with E-state index in [1.165, 1.54) is 4.90 Å². The van der Waals surface area contributed by atoms with Crippen LogP contribution < -0.4 is 0 Å². The van der Waals surface area contributed by atoms with Crippen LogP contribution in [0, 0.1) is 21.7 Å². The van der Waals surface area contributed by atoms with Gasteiger partial charge in [-0.2, -0.15) is 4.39 Å². The van der Waals surface area contributed by atoms with Crippen molar-refractivity contribution in [2.24, 2.45) is 0 Å². The molecule has 1 fully saturated rings. The Morgan fingerprint density at radius 1 is 1.30 bits per heavy atom. The number of nitro groups is 1. The van der Waals surface area contributed by atoms with E-state index in [0.717, 1.165) is 6.07 Å². The SMILES string of the molecule is O=C(Cc1cc([N+](=O)[O-])c(F)cc1F)N1CCOCC1. The molecule has 0 unspecified atom stereocenters. The molecule has 1 amide bonds. The molecule has 1 aliphatic heterocycles. The fourth-order valence-electron chi connectivity index (χ4n) is 1.94. The van der Waals surface area contributed by atoms with Gasteiger partial charge in [0.05, 0.1) is 24.6 Å². The molecule has 108 valence electrons. The number of carbonyl (C=O) groups excluding carboxylic acids is 1. The Morgan fingerprint density at radius 3 is 2.55 bits per heavy atom. The van der Waals surface area contributed by atoms with E-state index in [9.17, 15) is 23.7 Å². The van der Waals surface area contributed by atoms with Gasteiger partial charge in [0.15, 0.2) is 0 Å². The van der Waals surface area contributed by atoms with Gasteiger partial charge in [-0.15, -0.1) is 0 Å². The van der Waals surface area contributed by atoms with Crippen LogP contribution in [0.25, 0.3) is 0 Å². The number of benzene rings is 1. The average molecular weight is 286 g/mol. The molecule has 1 heterocycles. The quantitative estimate of drug-likeness (QED) is 0.619. The number of ether oxygens (including phenoxy) is 1. The zero-order chi connectivity index (χ0) is 14.7. The zero-order valence-electron chi connectivity index (χ0n) is 10.5. The molecule has 2 rings (SSSR count). The first kappa shape index (κ1) is 14.3. The number of rotatable bonds is 3. The molecule has 0 spiro atoms. The normalized spacial score (nSPS) is 15.2. The average Bonchev–Trinajstić information content (AvgIpc) is 2.42. The lowest BCUT2D eigenvalue weighted by Gasteiger charge is -2.26. The first-order chi connectivity index (χ1) is 9.49. The number of hydrogen-bond donors (Lipinski definition) is 0. The highest BCUT2D eigenvalue weighted by Gasteiger charge is 2.22. The first-order valence-corrected chi connectivity index (χ1v) is 5.97. The third kappa shape index (κ3) is 3.08. The van der Waals surface area contributed by atoms with Crippen LogP contribution in [-0.4, -0.2) is 42.0 Å². The summed E-state index contributed by atoms with van der Waals surface area (Å²) in [6.45, 7) is 1.59. The lowest BCUT2D eigenvalue weighted by Crippen LogP contribution is -2.41. The lowest BCUT2D eigenvalue weighted by molar-refractivity contribution is -0.387. The minimum atomic E-state index is -1.25. The Bertz CT molecular complexity index is 545. The second-order valence-electron chi connectivity index (χ2n) is 4.32. The number of halogens is 2. The van der Waals surface area contributed by atoms with Crippen molar-refractivity contribution in [3.8, 4) is 0 Å². The van der Waals surface area contributed by atoms with Gasteiger partial charge in [0.25, 0.3) is 0 Å². The predicted octanol–water partition coefficient (Wildman–Crippen LogP) is 1.27. The van der Waals surface area contributed by atoms with E-state index in [-0.39, 0.29) is 17.9 Å². The number of hydrogen-bond acceptors (Lipinski definition) is 4. The van der Waals surface area contributed by atoms with Crippen LogP contribution in [0.15, 0.2) is 12.1 Å². The lowest BCUT2D eigenvalue weighted by atomic mass is 10.1. The summed E-state index contributed by atoms with van der Waals surface area (Å²) in [6, 6.07) is 1.20. The summed E-state index contributed by atoms with van der Waals surface area (Å²) >= 11 is 0. The molecule has 0 atom stereocenters. The third-order valence-corrected chi connectivity index (χ3v) is 3.02. The van der Waals surface area contributed by atoms with Gasteiger partial charge in [0.2, 0.25) is 11.7 Å². The van der Waals surface area contributed by atoms with Crippen LogP contribution in [0.1, 0.15) is 5.56 Å². The van der Waals surface area contributed by atoms with E-state index >= 15 is 0 Å². The predicted molar refractivity (Wildman–Crippen MR) is 64.1 cm³/mol.